The van der Waals surface area contributed by atoms with Crippen LogP contribution >= 0.6 is 12.4 Å². The molecule has 1 aliphatic rings. The van der Waals surface area contributed by atoms with E-state index in [0.29, 0.717) is 11.3 Å². The number of primary amides is 1. The van der Waals surface area contributed by atoms with Crippen molar-refractivity contribution in [1.82, 2.24) is 0 Å². The molecule has 1 aliphatic carbocycles. The zero-order valence-electron chi connectivity index (χ0n) is 12.9. The van der Waals surface area contributed by atoms with Gasteiger partial charge in [0.1, 0.15) is 0 Å². The van der Waals surface area contributed by atoms with Crippen LogP contribution in [0.2, 0.25) is 0 Å². The van der Waals surface area contributed by atoms with Crippen LogP contribution in [0.25, 0.3) is 0 Å². The van der Waals surface area contributed by atoms with E-state index in [0.717, 1.165) is 31.2 Å². The smallest absolute Gasteiger partial charge is 0.250 e. The molecule has 0 aromatic heterocycles. The zero-order valence-corrected chi connectivity index (χ0v) is 13.8. The molecule has 0 spiro atoms. The van der Waals surface area contributed by atoms with Crippen molar-refractivity contribution < 1.29 is 9.53 Å². The molecule has 4 nitrogen and oxygen atoms in total. The number of rotatable bonds is 4. The summed E-state index contributed by atoms with van der Waals surface area (Å²) in [6.45, 7) is 4.34. The van der Waals surface area contributed by atoms with Crippen LogP contribution < -0.4 is 11.5 Å². The first-order valence-electron chi connectivity index (χ1n) is 7.23. The third-order valence-electron chi connectivity index (χ3n) is 4.88. The highest BCUT2D eigenvalue weighted by Crippen LogP contribution is 2.46. The van der Waals surface area contributed by atoms with Crippen LogP contribution in [-0.2, 0) is 16.6 Å². The van der Waals surface area contributed by atoms with E-state index >= 15 is 0 Å². The zero-order chi connectivity index (χ0) is 14.9. The van der Waals surface area contributed by atoms with Crippen molar-refractivity contribution >= 4 is 24.0 Å². The van der Waals surface area contributed by atoms with Gasteiger partial charge in [-0.25, -0.2) is 0 Å². The monoisotopic (exact) mass is 312 g/mol. The Morgan fingerprint density at radius 3 is 2.48 bits per heavy atom. The van der Waals surface area contributed by atoms with Crippen LogP contribution in [-0.4, -0.2) is 19.1 Å². The Morgan fingerprint density at radius 1 is 1.38 bits per heavy atom. The number of carbonyl (C=O) groups is 1. The van der Waals surface area contributed by atoms with Crippen LogP contribution in [0.4, 0.5) is 5.69 Å². The molecule has 0 radical (unpaired) electrons. The van der Waals surface area contributed by atoms with Gasteiger partial charge >= 0.3 is 0 Å². The molecule has 5 heteroatoms. The number of nitrogens with two attached hydrogens (primary N) is 2. The second-order valence-corrected chi connectivity index (χ2v) is 5.68. The average Bonchev–Trinajstić information content (AvgIpc) is 2.45. The molecule has 1 unspecified atom stereocenters. The number of benzene rings is 1. The third-order valence-corrected chi connectivity index (χ3v) is 4.88. The molecule has 0 heterocycles. The Balaban J connectivity index is 0.00000220. The van der Waals surface area contributed by atoms with Gasteiger partial charge in [0.25, 0.3) is 5.91 Å². The molecule has 0 bridgehead atoms. The number of halogens is 1. The Kier molecular flexibility index (Phi) is 5.65. The minimum Gasteiger partial charge on any atom is -0.398 e. The van der Waals surface area contributed by atoms with Gasteiger partial charge in [-0.1, -0.05) is 19.9 Å². The molecular weight excluding hydrogens is 288 g/mol. The molecule has 1 aromatic carbocycles. The summed E-state index contributed by atoms with van der Waals surface area (Å²) in [7, 11) is 1.76. The van der Waals surface area contributed by atoms with Gasteiger partial charge < -0.3 is 16.2 Å². The van der Waals surface area contributed by atoms with Crippen molar-refractivity contribution in [3.63, 3.8) is 0 Å². The number of carbonyl (C=O) groups excluding carboxylic acids is 1. The summed E-state index contributed by atoms with van der Waals surface area (Å²) in [5, 5.41) is 0. The van der Waals surface area contributed by atoms with E-state index in [1.165, 1.54) is 5.56 Å². The summed E-state index contributed by atoms with van der Waals surface area (Å²) in [6.07, 6.45) is 3.94. The second kappa shape index (κ2) is 6.67. The first-order valence-corrected chi connectivity index (χ1v) is 7.23. The Bertz CT molecular complexity index is 527. The lowest BCUT2D eigenvalue weighted by molar-refractivity contribution is 0.0611. The standard InChI is InChI=1S/C16H24N2O2.ClH/c1-4-16(5-2)9-11(20-3)8-10-6-7-12(15(18)19)14(17)13(10)16;/h6-7,11H,4-5,8-9,17H2,1-3H3,(H2,18,19);1H. The van der Waals surface area contributed by atoms with Crippen molar-refractivity contribution in [3.05, 3.63) is 28.8 Å². The van der Waals surface area contributed by atoms with Crippen molar-refractivity contribution in [2.45, 2.75) is 51.0 Å². The number of ether oxygens (including phenoxy) is 1. The molecule has 4 N–H and O–H groups in total. The van der Waals surface area contributed by atoms with Crippen LogP contribution in [0.15, 0.2) is 12.1 Å². The molecule has 0 saturated heterocycles. The van der Waals surface area contributed by atoms with E-state index in [1.807, 2.05) is 6.07 Å². The summed E-state index contributed by atoms with van der Waals surface area (Å²) in [6, 6.07) is 3.72. The van der Waals surface area contributed by atoms with Crippen LogP contribution in [0.3, 0.4) is 0 Å². The van der Waals surface area contributed by atoms with Crippen molar-refractivity contribution in [2.24, 2.45) is 5.73 Å². The summed E-state index contributed by atoms with van der Waals surface area (Å²) in [5.74, 6) is -0.458. The fourth-order valence-electron chi connectivity index (χ4n) is 3.59. The fourth-order valence-corrected chi connectivity index (χ4v) is 3.59. The number of methoxy groups -OCH3 is 1. The lowest BCUT2D eigenvalue weighted by Gasteiger charge is -2.42. The molecule has 0 fully saturated rings. The molecule has 1 atom stereocenters. The lowest BCUT2D eigenvalue weighted by atomic mass is 9.65. The number of nitrogen functional groups attached to an aromatic ring is 1. The van der Waals surface area contributed by atoms with Gasteiger partial charge in [0, 0.05) is 12.8 Å². The number of hydrogen-bond donors (Lipinski definition) is 2. The van der Waals surface area contributed by atoms with Crippen LogP contribution in [0.5, 0.6) is 0 Å². The molecule has 2 rings (SSSR count). The number of hydrogen-bond acceptors (Lipinski definition) is 3. The minimum absolute atomic E-state index is 0. The largest absolute Gasteiger partial charge is 0.398 e. The number of anilines is 1. The van der Waals surface area contributed by atoms with Crippen molar-refractivity contribution in [2.75, 3.05) is 12.8 Å². The molecule has 21 heavy (non-hydrogen) atoms. The Labute approximate surface area is 132 Å². The highest BCUT2D eigenvalue weighted by molar-refractivity contribution is 5.99. The van der Waals surface area contributed by atoms with Gasteiger partial charge in [0.15, 0.2) is 0 Å². The number of fused-ring (bicyclic) bond motifs is 1. The maximum atomic E-state index is 11.5. The molecule has 0 saturated carbocycles. The topological polar surface area (TPSA) is 78.3 Å². The first kappa shape index (κ1) is 17.8. The maximum Gasteiger partial charge on any atom is 0.250 e. The van der Waals surface area contributed by atoms with E-state index in [1.54, 1.807) is 13.2 Å². The van der Waals surface area contributed by atoms with Gasteiger partial charge in [0.05, 0.1) is 11.7 Å². The van der Waals surface area contributed by atoms with Gasteiger partial charge in [-0.2, -0.15) is 0 Å². The van der Waals surface area contributed by atoms with Crippen LogP contribution in [0.1, 0.15) is 54.6 Å². The third kappa shape index (κ3) is 2.87. The van der Waals surface area contributed by atoms with Gasteiger partial charge in [-0.05, 0) is 48.3 Å². The van der Waals surface area contributed by atoms with E-state index in [2.05, 4.69) is 13.8 Å². The van der Waals surface area contributed by atoms with E-state index in [-0.39, 0.29) is 23.9 Å². The molecular formula is C16H25ClN2O2. The summed E-state index contributed by atoms with van der Waals surface area (Å²) >= 11 is 0. The predicted molar refractivity (Wildman–Crippen MR) is 88.0 cm³/mol. The predicted octanol–water partition coefficient (Wildman–Crippen LogP) is 2.81. The highest BCUT2D eigenvalue weighted by atomic mass is 35.5. The maximum absolute atomic E-state index is 11.5. The summed E-state index contributed by atoms with van der Waals surface area (Å²) in [5.41, 5.74) is 15.0. The van der Waals surface area contributed by atoms with Gasteiger partial charge in [0.2, 0.25) is 0 Å². The lowest BCUT2D eigenvalue weighted by Crippen LogP contribution is -2.39. The van der Waals surface area contributed by atoms with Gasteiger partial charge in [-0.3, -0.25) is 4.79 Å². The molecule has 1 amide bonds. The van der Waals surface area contributed by atoms with E-state index in [4.69, 9.17) is 16.2 Å². The SMILES string of the molecule is CCC1(CC)CC(OC)Cc2ccc(C(N)=O)c(N)c21.Cl. The van der Waals surface area contributed by atoms with E-state index < -0.39 is 5.91 Å². The second-order valence-electron chi connectivity index (χ2n) is 5.68. The molecule has 118 valence electrons. The van der Waals surface area contributed by atoms with Crippen LogP contribution in [0, 0.1) is 0 Å². The quantitative estimate of drug-likeness (QED) is 0.839. The summed E-state index contributed by atoms with van der Waals surface area (Å²) in [4.78, 5) is 11.5. The molecule has 1 aromatic rings. The fraction of sp³-hybridized carbons (Fsp3) is 0.562. The molecule has 0 aliphatic heterocycles. The first-order chi connectivity index (χ1) is 9.49. The highest BCUT2D eigenvalue weighted by Gasteiger charge is 2.40. The van der Waals surface area contributed by atoms with Crippen molar-refractivity contribution in [1.29, 1.82) is 0 Å². The van der Waals surface area contributed by atoms with Gasteiger partial charge in [-0.15, -0.1) is 12.4 Å². The Morgan fingerprint density at radius 2 is 2.00 bits per heavy atom. The normalized spacial score (nSPS) is 19.5. The average molecular weight is 313 g/mol. The minimum atomic E-state index is -0.458. The Hall–Kier alpha value is -1.26. The van der Waals surface area contributed by atoms with E-state index in [9.17, 15) is 4.79 Å². The summed E-state index contributed by atoms with van der Waals surface area (Å²) < 4.78 is 5.59. The van der Waals surface area contributed by atoms with Crippen molar-refractivity contribution in [3.8, 4) is 0 Å². The number of amides is 1.